The molecule has 8 heteroatoms. The van der Waals surface area contributed by atoms with Gasteiger partial charge in [0.15, 0.2) is 0 Å². The van der Waals surface area contributed by atoms with Gasteiger partial charge in [-0.3, -0.25) is 4.79 Å². The molecule has 0 radical (unpaired) electrons. The third kappa shape index (κ3) is 5.92. The summed E-state index contributed by atoms with van der Waals surface area (Å²) in [5.41, 5.74) is 0.361. The number of hydrogen-bond acceptors (Lipinski definition) is 4. The monoisotopic (exact) mass is 349 g/mol. The molecule has 22 heavy (non-hydrogen) atoms. The molecule has 6 nitrogen and oxygen atoms in total. The second-order valence-corrected chi connectivity index (χ2v) is 6.85. The van der Waals surface area contributed by atoms with Crippen LogP contribution in [-0.4, -0.2) is 52.5 Å². The summed E-state index contributed by atoms with van der Waals surface area (Å²) < 4.78 is 26.7. The van der Waals surface area contributed by atoms with Crippen LogP contribution in [0, 0.1) is 0 Å². The Hall–Kier alpha value is -1.15. The van der Waals surface area contributed by atoms with Crippen LogP contribution in [0.25, 0.3) is 0 Å². The fraction of sp³-hybridized carbons (Fsp3) is 0.500. The van der Waals surface area contributed by atoms with Gasteiger partial charge in [0.05, 0.1) is 4.90 Å². The Balaban J connectivity index is 0.00000441. The molecule has 2 N–H and O–H groups in total. The van der Waals surface area contributed by atoms with Crippen molar-refractivity contribution in [3.8, 4) is 0 Å². The maximum atomic E-state index is 12.2. The molecule has 0 aromatic heterocycles. The number of benzene rings is 1. The number of amides is 1. The summed E-state index contributed by atoms with van der Waals surface area (Å²) in [7, 11) is -0.0949. The first-order valence-corrected chi connectivity index (χ1v) is 8.28. The van der Waals surface area contributed by atoms with Crippen LogP contribution in [0.2, 0.25) is 0 Å². The summed E-state index contributed by atoms with van der Waals surface area (Å²) in [4.78, 5) is 13.9. The van der Waals surface area contributed by atoms with Crippen molar-refractivity contribution in [1.29, 1.82) is 0 Å². The summed E-state index contributed by atoms with van der Waals surface area (Å²) in [5.74, 6) is -0.202. The van der Waals surface area contributed by atoms with Crippen LogP contribution in [0.4, 0.5) is 0 Å². The van der Waals surface area contributed by atoms with Gasteiger partial charge in [-0.25, -0.2) is 13.1 Å². The molecule has 0 fully saturated rings. The average Bonchev–Trinajstić information content (AvgIpc) is 2.42. The highest BCUT2D eigenvalue weighted by molar-refractivity contribution is 7.89. The van der Waals surface area contributed by atoms with Crippen LogP contribution in [0.1, 0.15) is 24.2 Å². The first-order chi connectivity index (χ1) is 9.77. The average molecular weight is 350 g/mol. The topological polar surface area (TPSA) is 78.5 Å². The van der Waals surface area contributed by atoms with Gasteiger partial charge < -0.3 is 10.2 Å². The van der Waals surface area contributed by atoms with Crippen molar-refractivity contribution in [1.82, 2.24) is 14.9 Å². The van der Waals surface area contributed by atoms with Crippen LogP contribution in [-0.2, 0) is 10.0 Å². The predicted octanol–water partition coefficient (Wildman–Crippen LogP) is 1.09. The van der Waals surface area contributed by atoms with Gasteiger partial charge in [-0.2, -0.15) is 0 Å². The standard InChI is InChI=1S/C14H23N3O3S.ClH/c1-11(2)16-21(19,20)13-7-5-6-12(10-13)14(18)17(4)9-8-15-3;/h5-7,10-11,15-16H,8-9H2,1-4H3;1H. The molecule has 0 heterocycles. The van der Waals surface area contributed by atoms with Crippen LogP contribution in [0.3, 0.4) is 0 Å². The lowest BCUT2D eigenvalue weighted by atomic mass is 10.2. The van der Waals surface area contributed by atoms with E-state index in [0.29, 0.717) is 18.7 Å². The van der Waals surface area contributed by atoms with E-state index in [0.717, 1.165) is 0 Å². The number of carbonyl (C=O) groups excluding carboxylic acids is 1. The minimum absolute atomic E-state index is 0. The lowest BCUT2D eigenvalue weighted by Gasteiger charge is -2.17. The smallest absolute Gasteiger partial charge is 0.253 e. The summed E-state index contributed by atoms with van der Waals surface area (Å²) >= 11 is 0. The predicted molar refractivity (Wildman–Crippen MR) is 90.0 cm³/mol. The highest BCUT2D eigenvalue weighted by Gasteiger charge is 2.18. The van der Waals surface area contributed by atoms with E-state index in [-0.39, 0.29) is 29.3 Å². The maximum Gasteiger partial charge on any atom is 0.253 e. The number of likely N-dealkylation sites (N-methyl/N-ethyl adjacent to an activating group) is 2. The third-order valence-electron chi connectivity index (χ3n) is 2.83. The Kier molecular flexibility index (Phi) is 8.62. The van der Waals surface area contributed by atoms with Crippen LogP contribution < -0.4 is 10.0 Å². The van der Waals surface area contributed by atoms with Crippen LogP contribution in [0.15, 0.2) is 29.2 Å². The van der Waals surface area contributed by atoms with Gasteiger partial charge in [0.2, 0.25) is 10.0 Å². The van der Waals surface area contributed by atoms with E-state index in [2.05, 4.69) is 10.0 Å². The minimum Gasteiger partial charge on any atom is -0.340 e. The van der Waals surface area contributed by atoms with Gasteiger partial charge in [0.1, 0.15) is 0 Å². The molecule has 0 saturated carbocycles. The van der Waals surface area contributed by atoms with Gasteiger partial charge >= 0.3 is 0 Å². The zero-order chi connectivity index (χ0) is 16.0. The van der Waals surface area contributed by atoms with Crippen molar-refractivity contribution < 1.29 is 13.2 Å². The molecule has 1 aromatic carbocycles. The third-order valence-corrected chi connectivity index (χ3v) is 4.48. The van der Waals surface area contributed by atoms with Crippen molar-refractivity contribution in [2.24, 2.45) is 0 Å². The number of nitrogens with zero attached hydrogens (tertiary/aromatic N) is 1. The number of rotatable bonds is 7. The highest BCUT2D eigenvalue weighted by atomic mass is 35.5. The van der Waals surface area contributed by atoms with E-state index in [9.17, 15) is 13.2 Å². The Morgan fingerprint density at radius 1 is 1.32 bits per heavy atom. The number of hydrogen-bond donors (Lipinski definition) is 2. The van der Waals surface area contributed by atoms with Crippen LogP contribution >= 0.6 is 12.4 Å². The molecule has 1 rings (SSSR count). The molecule has 126 valence electrons. The van der Waals surface area contributed by atoms with Gasteiger partial charge in [-0.1, -0.05) is 6.07 Å². The fourth-order valence-corrected chi connectivity index (χ4v) is 3.07. The Labute approximate surface area is 138 Å². The Bertz CT molecular complexity index is 591. The highest BCUT2D eigenvalue weighted by Crippen LogP contribution is 2.13. The SMILES string of the molecule is CNCCN(C)C(=O)c1cccc(S(=O)(=O)NC(C)C)c1.Cl. The molecular formula is C14H24ClN3O3S. The summed E-state index contributed by atoms with van der Waals surface area (Å²) in [6.07, 6.45) is 0. The zero-order valence-electron chi connectivity index (χ0n) is 13.3. The Morgan fingerprint density at radius 2 is 1.95 bits per heavy atom. The van der Waals surface area contributed by atoms with Crippen molar-refractivity contribution >= 4 is 28.3 Å². The van der Waals surface area contributed by atoms with Crippen molar-refractivity contribution in [2.45, 2.75) is 24.8 Å². The second kappa shape index (κ2) is 9.09. The zero-order valence-corrected chi connectivity index (χ0v) is 14.9. The van der Waals surface area contributed by atoms with Gasteiger partial charge in [-0.05, 0) is 39.1 Å². The van der Waals surface area contributed by atoms with Gasteiger partial charge in [-0.15, -0.1) is 12.4 Å². The number of carbonyl (C=O) groups is 1. The maximum absolute atomic E-state index is 12.2. The molecular weight excluding hydrogens is 326 g/mol. The van der Waals surface area contributed by atoms with Gasteiger partial charge in [0, 0.05) is 31.7 Å². The number of halogens is 1. The van der Waals surface area contributed by atoms with Crippen molar-refractivity contribution in [3.05, 3.63) is 29.8 Å². The molecule has 1 amide bonds. The summed E-state index contributed by atoms with van der Waals surface area (Å²) in [6, 6.07) is 5.88. The molecule has 0 aliphatic carbocycles. The molecule has 1 aromatic rings. The number of nitrogens with one attached hydrogen (secondary N) is 2. The quantitative estimate of drug-likeness (QED) is 0.772. The number of sulfonamides is 1. The molecule has 0 unspecified atom stereocenters. The Morgan fingerprint density at radius 3 is 2.50 bits per heavy atom. The molecule has 0 atom stereocenters. The normalized spacial score (nSPS) is 11.1. The van der Waals surface area contributed by atoms with E-state index < -0.39 is 10.0 Å². The van der Waals surface area contributed by atoms with E-state index >= 15 is 0 Å². The van der Waals surface area contributed by atoms with Crippen molar-refractivity contribution in [2.75, 3.05) is 27.2 Å². The fourth-order valence-electron chi connectivity index (χ4n) is 1.78. The van der Waals surface area contributed by atoms with E-state index in [1.165, 1.54) is 12.1 Å². The lowest BCUT2D eigenvalue weighted by Crippen LogP contribution is -2.33. The second-order valence-electron chi connectivity index (χ2n) is 5.13. The van der Waals surface area contributed by atoms with E-state index in [4.69, 9.17) is 0 Å². The molecule has 0 aliphatic heterocycles. The van der Waals surface area contributed by atoms with E-state index in [1.54, 1.807) is 37.9 Å². The van der Waals surface area contributed by atoms with Crippen LogP contribution in [0.5, 0.6) is 0 Å². The summed E-state index contributed by atoms with van der Waals surface area (Å²) in [6.45, 7) is 4.72. The summed E-state index contributed by atoms with van der Waals surface area (Å²) in [5, 5.41) is 2.96. The van der Waals surface area contributed by atoms with Crippen molar-refractivity contribution in [3.63, 3.8) is 0 Å². The molecule has 0 bridgehead atoms. The molecule has 0 spiro atoms. The molecule has 0 aliphatic rings. The first-order valence-electron chi connectivity index (χ1n) is 6.80. The molecule has 0 saturated heterocycles. The van der Waals surface area contributed by atoms with E-state index in [1.807, 2.05) is 7.05 Å². The lowest BCUT2D eigenvalue weighted by molar-refractivity contribution is 0.0796. The largest absolute Gasteiger partial charge is 0.340 e. The van der Waals surface area contributed by atoms with Gasteiger partial charge in [0.25, 0.3) is 5.91 Å². The minimum atomic E-state index is -3.59. The first kappa shape index (κ1) is 20.9.